The first-order valence-electron chi connectivity index (χ1n) is 9.07. The van der Waals surface area contributed by atoms with Crippen LogP contribution in [0.15, 0.2) is 71.2 Å². The molecule has 1 aliphatic rings. The lowest BCUT2D eigenvalue weighted by Gasteiger charge is -2.23. The Morgan fingerprint density at radius 2 is 1.72 bits per heavy atom. The molecule has 0 radical (unpaired) electrons. The van der Waals surface area contributed by atoms with Crippen molar-refractivity contribution in [2.45, 2.75) is 12.5 Å². The Hall–Kier alpha value is -3.19. The van der Waals surface area contributed by atoms with Gasteiger partial charge in [0.15, 0.2) is 0 Å². The molecule has 0 aromatic heterocycles. The van der Waals surface area contributed by atoms with Crippen LogP contribution in [0, 0.1) is 0 Å². The zero-order valence-electron chi connectivity index (χ0n) is 15.6. The smallest absolute Gasteiger partial charge is 0.324 e. The molecule has 0 saturated carbocycles. The van der Waals surface area contributed by atoms with Gasteiger partial charge < -0.3 is 10.6 Å². The normalized spacial score (nSPS) is 18.8. The molecule has 0 unspecified atom stereocenters. The van der Waals surface area contributed by atoms with Gasteiger partial charge in [0.25, 0.3) is 5.91 Å². The van der Waals surface area contributed by atoms with Crippen LogP contribution in [0.3, 0.4) is 0 Å². The summed E-state index contributed by atoms with van der Waals surface area (Å²) in [7, 11) is 0. The van der Waals surface area contributed by atoms with E-state index in [4.69, 9.17) is 0 Å². The predicted molar refractivity (Wildman–Crippen MR) is 114 cm³/mol. The number of carbonyl (C=O) groups excluding carboxylic acids is 3. The fourth-order valence-electron chi connectivity index (χ4n) is 3.56. The number of hydrogen-bond acceptors (Lipinski definition) is 3. The van der Waals surface area contributed by atoms with Gasteiger partial charge in [-0.25, -0.2) is 4.79 Å². The van der Waals surface area contributed by atoms with Crippen LogP contribution in [0.25, 0.3) is 10.8 Å². The molecule has 2 N–H and O–H groups in total. The zero-order chi connectivity index (χ0) is 20.6. The number of carbonyl (C=O) groups is 3. The van der Waals surface area contributed by atoms with E-state index >= 15 is 0 Å². The van der Waals surface area contributed by atoms with Gasteiger partial charge in [-0.15, -0.1) is 0 Å². The van der Waals surface area contributed by atoms with Gasteiger partial charge in [-0.3, -0.25) is 14.5 Å². The standard InChI is InChI=1S/C22H18BrN3O3/c1-22(16-10-4-5-11-17(16)23)20(28)26(21(29)25-22)13-19(27)24-18-12-6-8-14-7-2-3-9-15(14)18/h2-12H,13H2,1H3,(H,24,27)(H,25,29)/t22-/m1/s1. The minimum atomic E-state index is -1.24. The Bertz CT molecular complexity index is 1140. The van der Waals surface area contributed by atoms with Crippen LogP contribution in [0.2, 0.25) is 0 Å². The van der Waals surface area contributed by atoms with Gasteiger partial charge in [0.2, 0.25) is 5.91 Å². The highest BCUT2D eigenvalue weighted by Crippen LogP contribution is 2.33. The average Bonchev–Trinajstić information content (AvgIpc) is 2.92. The molecule has 3 aromatic rings. The maximum absolute atomic E-state index is 13.0. The van der Waals surface area contributed by atoms with Gasteiger partial charge >= 0.3 is 6.03 Å². The fourth-order valence-corrected chi connectivity index (χ4v) is 4.24. The first-order valence-corrected chi connectivity index (χ1v) is 9.86. The molecule has 146 valence electrons. The molecule has 6 nitrogen and oxygen atoms in total. The van der Waals surface area contributed by atoms with Crippen LogP contribution in [0.5, 0.6) is 0 Å². The molecule has 1 atom stereocenters. The molecule has 0 spiro atoms. The van der Waals surface area contributed by atoms with E-state index in [0.717, 1.165) is 15.7 Å². The molecule has 0 aliphatic carbocycles. The van der Waals surface area contributed by atoms with Crippen molar-refractivity contribution in [3.05, 3.63) is 76.8 Å². The second-order valence-corrected chi connectivity index (χ2v) is 7.86. The monoisotopic (exact) mass is 451 g/mol. The minimum Gasteiger partial charge on any atom is -0.324 e. The summed E-state index contributed by atoms with van der Waals surface area (Å²) in [5.74, 6) is -0.913. The third-order valence-electron chi connectivity index (χ3n) is 5.05. The summed E-state index contributed by atoms with van der Waals surface area (Å²) in [6.45, 7) is 1.27. The van der Waals surface area contributed by atoms with Crippen molar-refractivity contribution in [3.8, 4) is 0 Å². The third kappa shape index (κ3) is 3.38. The van der Waals surface area contributed by atoms with Gasteiger partial charge in [0, 0.05) is 21.1 Å². The molecule has 7 heteroatoms. The van der Waals surface area contributed by atoms with E-state index in [9.17, 15) is 14.4 Å². The second-order valence-electron chi connectivity index (χ2n) is 7.00. The van der Waals surface area contributed by atoms with E-state index in [1.54, 1.807) is 31.2 Å². The Morgan fingerprint density at radius 1 is 1.03 bits per heavy atom. The number of nitrogens with one attached hydrogen (secondary N) is 2. The summed E-state index contributed by atoms with van der Waals surface area (Å²) < 4.78 is 0.707. The maximum atomic E-state index is 13.0. The highest BCUT2D eigenvalue weighted by molar-refractivity contribution is 9.10. The van der Waals surface area contributed by atoms with Gasteiger partial charge in [-0.05, 0) is 24.4 Å². The van der Waals surface area contributed by atoms with Crippen LogP contribution in [0.4, 0.5) is 10.5 Å². The largest absolute Gasteiger partial charge is 0.325 e. The lowest BCUT2D eigenvalue weighted by atomic mass is 9.92. The Balaban J connectivity index is 1.55. The number of hydrogen-bond donors (Lipinski definition) is 2. The molecule has 29 heavy (non-hydrogen) atoms. The van der Waals surface area contributed by atoms with Gasteiger partial charge in [-0.1, -0.05) is 70.5 Å². The van der Waals surface area contributed by atoms with Crippen LogP contribution in [-0.4, -0.2) is 29.3 Å². The number of rotatable bonds is 4. The van der Waals surface area contributed by atoms with Crippen molar-refractivity contribution in [3.63, 3.8) is 0 Å². The van der Waals surface area contributed by atoms with Gasteiger partial charge in [0.1, 0.15) is 12.1 Å². The molecule has 1 aliphatic heterocycles. The first-order chi connectivity index (χ1) is 13.9. The van der Waals surface area contributed by atoms with Crippen molar-refractivity contribution < 1.29 is 14.4 Å². The number of urea groups is 1. The third-order valence-corrected chi connectivity index (χ3v) is 5.74. The Morgan fingerprint density at radius 3 is 2.52 bits per heavy atom. The lowest BCUT2D eigenvalue weighted by Crippen LogP contribution is -2.42. The van der Waals surface area contributed by atoms with Crippen molar-refractivity contribution in [1.82, 2.24) is 10.2 Å². The van der Waals surface area contributed by atoms with Crippen LogP contribution < -0.4 is 10.6 Å². The molecule has 1 heterocycles. The van der Waals surface area contributed by atoms with E-state index in [-0.39, 0.29) is 6.54 Å². The molecule has 0 bridgehead atoms. The van der Waals surface area contributed by atoms with Gasteiger partial charge in [-0.2, -0.15) is 0 Å². The lowest BCUT2D eigenvalue weighted by molar-refractivity contribution is -0.133. The van der Waals surface area contributed by atoms with Crippen molar-refractivity contribution in [2.24, 2.45) is 0 Å². The van der Waals surface area contributed by atoms with E-state index in [1.165, 1.54) is 0 Å². The van der Waals surface area contributed by atoms with Crippen molar-refractivity contribution >= 4 is 50.2 Å². The number of halogens is 1. The van der Waals surface area contributed by atoms with Crippen molar-refractivity contribution in [2.75, 3.05) is 11.9 Å². The molecular weight excluding hydrogens is 434 g/mol. The summed E-state index contributed by atoms with van der Waals surface area (Å²) in [5.41, 5.74) is 0.0284. The number of imide groups is 1. The number of fused-ring (bicyclic) bond motifs is 1. The molecule has 1 fully saturated rings. The molecule has 1 saturated heterocycles. The van der Waals surface area contributed by atoms with Crippen LogP contribution in [0.1, 0.15) is 12.5 Å². The molecule has 4 rings (SSSR count). The molecule has 4 amide bonds. The summed E-state index contributed by atoms with van der Waals surface area (Å²) in [4.78, 5) is 39.1. The highest BCUT2D eigenvalue weighted by atomic mass is 79.9. The fraction of sp³-hybridized carbons (Fsp3) is 0.136. The number of nitrogens with zero attached hydrogens (tertiary/aromatic N) is 1. The zero-order valence-corrected chi connectivity index (χ0v) is 17.2. The second kappa shape index (κ2) is 7.33. The number of anilines is 1. The van der Waals surface area contributed by atoms with Crippen LogP contribution >= 0.6 is 15.9 Å². The summed E-state index contributed by atoms with van der Waals surface area (Å²) in [6.07, 6.45) is 0. The minimum absolute atomic E-state index is 0.367. The Kier molecular flexibility index (Phi) is 4.84. The van der Waals surface area contributed by atoms with E-state index < -0.39 is 23.4 Å². The maximum Gasteiger partial charge on any atom is 0.325 e. The number of benzene rings is 3. The topological polar surface area (TPSA) is 78.5 Å². The number of amides is 4. The highest BCUT2D eigenvalue weighted by Gasteiger charge is 2.50. The SMILES string of the molecule is C[C@]1(c2ccccc2Br)NC(=O)N(CC(=O)Nc2cccc3ccccc23)C1=O. The van der Waals surface area contributed by atoms with E-state index in [0.29, 0.717) is 15.7 Å². The van der Waals surface area contributed by atoms with Crippen LogP contribution in [-0.2, 0) is 15.1 Å². The molecular formula is C22H18BrN3O3. The van der Waals surface area contributed by atoms with Crippen molar-refractivity contribution in [1.29, 1.82) is 0 Å². The predicted octanol–water partition coefficient (Wildman–Crippen LogP) is 4.01. The van der Waals surface area contributed by atoms with Gasteiger partial charge in [0.05, 0.1) is 0 Å². The summed E-state index contributed by atoms with van der Waals surface area (Å²) in [6, 6.07) is 19.8. The van der Waals surface area contributed by atoms with E-state index in [2.05, 4.69) is 26.6 Å². The molecule has 3 aromatic carbocycles. The Labute approximate surface area is 176 Å². The first kappa shape index (κ1) is 19.1. The average molecular weight is 452 g/mol. The summed E-state index contributed by atoms with van der Waals surface area (Å²) in [5, 5.41) is 7.40. The quantitative estimate of drug-likeness (QED) is 0.588. The summed E-state index contributed by atoms with van der Waals surface area (Å²) >= 11 is 3.43. The van der Waals surface area contributed by atoms with E-state index in [1.807, 2.05) is 42.5 Å².